The molecule has 0 radical (unpaired) electrons. The van der Waals surface area contributed by atoms with Crippen LogP contribution in [0.15, 0.2) is 40.8 Å². The Balaban J connectivity index is 1.87. The highest BCUT2D eigenvalue weighted by molar-refractivity contribution is 6.02. The topological polar surface area (TPSA) is 97.6 Å². The van der Waals surface area contributed by atoms with Crippen molar-refractivity contribution >= 4 is 29.2 Å². The highest BCUT2D eigenvalue weighted by Crippen LogP contribution is 2.16. The van der Waals surface area contributed by atoms with Gasteiger partial charge >= 0.3 is 5.97 Å². The number of hydrogen-bond donors (Lipinski definition) is 2. The van der Waals surface area contributed by atoms with Crippen molar-refractivity contribution in [2.45, 2.75) is 19.8 Å². The number of rotatable bonds is 6. The maximum absolute atomic E-state index is 11.9. The normalized spacial score (nSPS) is 10.1. The van der Waals surface area contributed by atoms with Gasteiger partial charge in [-0.25, -0.2) is 0 Å². The molecule has 24 heavy (non-hydrogen) atoms. The highest BCUT2D eigenvalue weighted by Gasteiger charge is 2.10. The Bertz CT molecular complexity index is 734. The van der Waals surface area contributed by atoms with Crippen molar-refractivity contribution in [3.63, 3.8) is 0 Å². The lowest BCUT2D eigenvalue weighted by atomic mass is 10.2. The minimum absolute atomic E-state index is 0.0268. The Kier molecular flexibility index (Phi) is 5.73. The molecule has 0 saturated heterocycles. The lowest BCUT2D eigenvalue weighted by Crippen LogP contribution is -2.14. The van der Waals surface area contributed by atoms with Gasteiger partial charge in [0, 0.05) is 17.8 Å². The largest absolute Gasteiger partial charge is 0.469 e. The van der Waals surface area contributed by atoms with Crippen molar-refractivity contribution in [1.82, 2.24) is 0 Å². The molecule has 7 nitrogen and oxygen atoms in total. The predicted molar refractivity (Wildman–Crippen MR) is 87.7 cm³/mol. The molecule has 2 N–H and O–H groups in total. The molecule has 0 fully saturated rings. The number of benzene rings is 1. The van der Waals surface area contributed by atoms with E-state index in [1.807, 2.05) is 0 Å². The van der Waals surface area contributed by atoms with Crippen LogP contribution in [0.4, 0.5) is 11.4 Å². The summed E-state index contributed by atoms with van der Waals surface area (Å²) < 4.78 is 9.72. The molecule has 0 spiro atoms. The highest BCUT2D eigenvalue weighted by atomic mass is 16.5. The van der Waals surface area contributed by atoms with Gasteiger partial charge in [-0.15, -0.1) is 0 Å². The van der Waals surface area contributed by atoms with Crippen molar-refractivity contribution in [2.75, 3.05) is 17.7 Å². The van der Waals surface area contributed by atoms with E-state index in [9.17, 15) is 14.4 Å². The summed E-state index contributed by atoms with van der Waals surface area (Å²) in [5.74, 6) is -0.185. The van der Waals surface area contributed by atoms with E-state index in [2.05, 4.69) is 15.4 Å². The van der Waals surface area contributed by atoms with E-state index in [-0.39, 0.29) is 30.4 Å². The maximum atomic E-state index is 11.9. The first-order valence-corrected chi connectivity index (χ1v) is 7.32. The molecule has 0 bridgehead atoms. The fourth-order valence-corrected chi connectivity index (χ4v) is 1.93. The summed E-state index contributed by atoms with van der Waals surface area (Å²) in [5.41, 5.74) is 1.14. The number of furan rings is 1. The minimum atomic E-state index is -0.434. The summed E-state index contributed by atoms with van der Waals surface area (Å²) >= 11 is 0. The van der Waals surface area contributed by atoms with E-state index in [1.165, 1.54) is 7.11 Å². The zero-order valence-corrected chi connectivity index (χ0v) is 13.4. The SMILES string of the molecule is COC(=O)CCC(=O)Nc1ccc(NC(=O)c2ccc(C)o2)cc1. The van der Waals surface area contributed by atoms with Crippen molar-refractivity contribution in [3.8, 4) is 0 Å². The fourth-order valence-electron chi connectivity index (χ4n) is 1.93. The van der Waals surface area contributed by atoms with Crippen molar-refractivity contribution < 1.29 is 23.5 Å². The van der Waals surface area contributed by atoms with Crippen LogP contribution in [0.25, 0.3) is 0 Å². The van der Waals surface area contributed by atoms with Gasteiger partial charge in [0.15, 0.2) is 5.76 Å². The van der Waals surface area contributed by atoms with Gasteiger partial charge in [-0.2, -0.15) is 0 Å². The molecule has 2 aromatic rings. The minimum Gasteiger partial charge on any atom is -0.469 e. The van der Waals surface area contributed by atoms with Crippen LogP contribution in [0.5, 0.6) is 0 Å². The van der Waals surface area contributed by atoms with Gasteiger partial charge in [-0.05, 0) is 43.3 Å². The van der Waals surface area contributed by atoms with Crippen LogP contribution in [0, 0.1) is 6.92 Å². The summed E-state index contributed by atoms with van der Waals surface area (Å²) in [6.45, 7) is 1.76. The average molecular weight is 330 g/mol. The Labute approximate surface area is 139 Å². The standard InChI is InChI=1S/C17H18N2O5/c1-11-3-8-14(24-11)17(22)19-13-6-4-12(5-7-13)18-15(20)9-10-16(21)23-2/h3-8H,9-10H2,1-2H3,(H,18,20)(H,19,22). The predicted octanol–water partition coefficient (Wildman–Crippen LogP) is 2.73. The van der Waals surface area contributed by atoms with Crippen molar-refractivity contribution in [2.24, 2.45) is 0 Å². The van der Waals surface area contributed by atoms with Crippen molar-refractivity contribution in [1.29, 1.82) is 0 Å². The molecular weight excluding hydrogens is 312 g/mol. The number of ether oxygens (including phenoxy) is 1. The van der Waals surface area contributed by atoms with Crippen LogP contribution < -0.4 is 10.6 Å². The number of anilines is 2. The Morgan fingerprint density at radius 2 is 1.58 bits per heavy atom. The van der Waals surface area contributed by atoms with Crippen molar-refractivity contribution in [3.05, 3.63) is 47.9 Å². The Hall–Kier alpha value is -3.09. The van der Waals surface area contributed by atoms with E-state index < -0.39 is 5.97 Å². The van der Waals surface area contributed by atoms with Gasteiger partial charge in [0.1, 0.15) is 5.76 Å². The van der Waals surface area contributed by atoms with E-state index >= 15 is 0 Å². The number of aryl methyl sites for hydroxylation is 1. The molecule has 7 heteroatoms. The van der Waals surface area contributed by atoms with E-state index in [4.69, 9.17) is 4.42 Å². The quantitative estimate of drug-likeness (QED) is 0.794. The zero-order chi connectivity index (χ0) is 17.5. The smallest absolute Gasteiger partial charge is 0.306 e. The van der Waals surface area contributed by atoms with Crippen LogP contribution in [0.1, 0.15) is 29.2 Å². The monoisotopic (exact) mass is 330 g/mol. The molecule has 2 rings (SSSR count). The van der Waals surface area contributed by atoms with Crippen LogP contribution in [0.3, 0.4) is 0 Å². The van der Waals surface area contributed by atoms with Gasteiger partial charge < -0.3 is 19.8 Å². The summed E-state index contributed by atoms with van der Waals surface area (Å²) in [6, 6.07) is 9.92. The molecule has 2 amide bonds. The molecular formula is C17H18N2O5. The second-order valence-electron chi connectivity index (χ2n) is 5.07. The first kappa shape index (κ1) is 17.3. The van der Waals surface area contributed by atoms with Gasteiger partial charge in [0.2, 0.25) is 5.91 Å². The zero-order valence-electron chi connectivity index (χ0n) is 13.4. The number of nitrogens with one attached hydrogen (secondary N) is 2. The van der Waals surface area contributed by atoms with E-state index in [1.54, 1.807) is 43.3 Å². The third kappa shape index (κ3) is 4.98. The Morgan fingerprint density at radius 3 is 2.12 bits per heavy atom. The lowest BCUT2D eigenvalue weighted by molar-refractivity contribution is -0.141. The van der Waals surface area contributed by atoms with Gasteiger partial charge in [-0.1, -0.05) is 0 Å². The number of hydrogen-bond acceptors (Lipinski definition) is 5. The number of carbonyl (C=O) groups is 3. The Morgan fingerprint density at radius 1 is 0.958 bits per heavy atom. The number of carbonyl (C=O) groups excluding carboxylic acids is 3. The van der Waals surface area contributed by atoms with Crippen LogP contribution in [0.2, 0.25) is 0 Å². The van der Waals surface area contributed by atoms with E-state index in [0.29, 0.717) is 17.1 Å². The van der Waals surface area contributed by atoms with Gasteiger partial charge in [0.25, 0.3) is 5.91 Å². The second kappa shape index (κ2) is 7.96. The third-order valence-corrected chi connectivity index (χ3v) is 3.17. The number of methoxy groups -OCH3 is 1. The number of esters is 1. The molecule has 1 heterocycles. The summed E-state index contributed by atoms with van der Waals surface area (Å²) in [5, 5.41) is 5.35. The number of amides is 2. The average Bonchev–Trinajstić information content (AvgIpc) is 3.01. The molecule has 0 atom stereocenters. The molecule has 0 aliphatic heterocycles. The molecule has 0 unspecified atom stereocenters. The molecule has 1 aromatic carbocycles. The summed E-state index contributed by atoms with van der Waals surface area (Å²) in [7, 11) is 1.28. The first-order chi connectivity index (χ1) is 11.5. The van der Waals surface area contributed by atoms with Gasteiger partial charge in [0.05, 0.1) is 13.5 Å². The molecule has 0 saturated carbocycles. The van der Waals surface area contributed by atoms with Crippen LogP contribution >= 0.6 is 0 Å². The summed E-state index contributed by atoms with van der Waals surface area (Å²) in [4.78, 5) is 34.6. The molecule has 126 valence electrons. The second-order valence-corrected chi connectivity index (χ2v) is 5.07. The lowest BCUT2D eigenvalue weighted by Gasteiger charge is -2.07. The third-order valence-electron chi connectivity index (χ3n) is 3.17. The maximum Gasteiger partial charge on any atom is 0.306 e. The molecule has 1 aromatic heterocycles. The van der Waals surface area contributed by atoms with Gasteiger partial charge in [-0.3, -0.25) is 14.4 Å². The fraction of sp³-hybridized carbons (Fsp3) is 0.235. The first-order valence-electron chi connectivity index (χ1n) is 7.32. The van der Waals surface area contributed by atoms with Crippen LogP contribution in [-0.2, 0) is 14.3 Å². The molecule has 0 aliphatic rings. The van der Waals surface area contributed by atoms with E-state index in [0.717, 1.165) is 0 Å². The summed E-state index contributed by atoms with van der Waals surface area (Å²) in [6.07, 6.45) is 0.0715. The van der Waals surface area contributed by atoms with Crippen LogP contribution in [-0.4, -0.2) is 24.9 Å². The molecule has 0 aliphatic carbocycles.